The number of rotatable bonds is 10. The van der Waals surface area contributed by atoms with Crippen LogP contribution in [0.25, 0.3) is 6.08 Å². The third-order valence-corrected chi connectivity index (χ3v) is 6.10. The van der Waals surface area contributed by atoms with Crippen LogP contribution < -0.4 is 9.47 Å². The molecule has 8 heteroatoms. The molecule has 1 saturated heterocycles. The second kappa shape index (κ2) is 11.3. The Morgan fingerprint density at radius 1 is 1.06 bits per heavy atom. The summed E-state index contributed by atoms with van der Waals surface area (Å²) in [6.45, 7) is 4.76. The molecule has 0 radical (unpaired) electrons. The number of Topliss-reactive ketones (excluding diaryl/α,β-unsaturated/α-hetero) is 1. The van der Waals surface area contributed by atoms with E-state index < -0.39 is 11.1 Å². The first-order chi connectivity index (χ1) is 15.4. The normalized spacial score (nSPS) is 14.8. The summed E-state index contributed by atoms with van der Waals surface area (Å²) in [7, 11) is 0. The highest BCUT2D eigenvalue weighted by atomic mass is 79.9. The average molecular weight is 518 g/mol. The molecule has 1 fully saturated rings. The van der Waals surface area contributed by atoms with E-state index in [-0.39, 0.29) is 17.2 Å². The number of benzene rings is 2. The van der Waals surface area contributed by atoms with Crippen LogP contribution in [-0.4, -0.2) is 41.6 Å². The predicted octanol–water partition coefficient (Wildman–Crippen LogP) is 5.95. The average Bonchev–Trinajstić information content (AvgIpc) is 3.03. The first kappa shape index (κ1) is 24.1. The van der Waals surface area contributed by atoms with Crippen molar-refractivity contribution in [3.8, 4) is 11.5 Å². The van der Waals surface area contributed by atoms with Gasteiger partial charge in [-0.1, -0.05) is 47.5 Å². The van der Waals surface area contributed by atoms with Gasteiger partial charge in [0.15, 0.2) is 17.3 Å². The van der Waals surface area contributed by atoms with Crippen LogP contribution in [0.5, 0.6) is 11.5 Å². The molecule has 168 valence electrons. The Morgan fingerprint density at radius 3 is 2.50 bits per heavy atom. The first-order valence-corrected chi connectivity index (χ1v) is 12.0. The predicted molar refractivity (Wildman–Crippen MR) is 129 cm³/mol. The van der Waals surface area contributed by atoms with Crippen LogP contribution in [0.3, 0.4) is 0 Å². The van der Waals surface area contributed by atoms with Gasteiger partial charge in [0.2, 0.25) is 0 Å². The van der Waals surface area contributed by atoms with Crippen LogP contribution in [-0.2, 0) is 4.79 Å². The summed E-state index contributed by atoms with van der Waals surface area (Å²) >= 11 is 4.14. The second-order valence-electron chi connectivity index (χ2n) is 7.04. The summed E-state index contributed by atoms with van der Waals surface area (Å²) in [6.07, 6.45) is 3.61. The van der Waals surface area contributed by atoms with E-state index in [2.05, 4.69) is 22.9 Å². The highest BCUT2D eigenvalue weighted by Crippen LogP contribution is 2.35. The Morgan fingerprint density at radius 2 is 1.81 bits per heavy atom. The quantitative estimate of drug-likeness (QED) is 0.220. The minimum atomic E-state index is -0.480. The van der Waals surface area contributed by atoms with E-state index in [1.54, 1.807) is 42.5 Å². The third-order valence-electron chi connectivity index (χ3n) is 4.66. The molecule has 3 rings (SSSR count). The standard InChI is InChI=1S/C24H24BrNO5S/c1-3-5-12-31-20-11-6-16(13-21(20)30-4-2)14-22-23(28)26(24(29)32-22)15-19(27)17-7-9-18(25)10-8-17/h6-11,13-14H,3-5,12,15H2,1-2H3/b22-14-. The minimum absolute atomic E-state index is 0.265. The summed E-state index contributed by atoms with van der Waals surface area (Å²) in [5, 5.41) is -0.462. The Kier molecular flexibility index (Phi) is 8.53. The monoisotopic (exact) mass is 517 g/mol. The molecule has 2 amide bonds. The number of ether oxygens (including phenoxy) is 2. The van der Waals surface area contributed by atoms with Crippen molar-refractivity contribution in [2.24, 2.45) is 0 Å². The summed E-state index contributed by atoms with van der Waals surface area (Å²) in [6, 6.07) is 12.2. The molecule has 2 aromatic carbocycles. The van der Waals surface area contributed by atoms with Gasteiger partial charge in [-0.15, -0.1) is 0 Å². The van der Waals surface area contributed by atoms with Crippen LogP contribution >= 0.6 is 27.7 Å². The van der Waals surface area contributed by atoms with Crippen molar-refractivity contribution >= 4 is 50.7 Å². The molecule has 0 aromatic heterocycles. The topological polar surface area (TPSA) is 72.9 Å². The van der Waals surface area contributed by atoms with Gasteiger partial charge in [0.05, 0.1) is 24.7 Å². The van der Waals surface area contributed by atoms with Crippen LogP contribution in [0.1, 0.15) is 42.6 Å². The fourth-order valence-electron chi connectivity index (χ4n) is 2.99. The van der Waals surface area contributed by atoms with Gasteiger partial charge in [0.25, 0.3) is 11.1 Å². The van der Waals surface area contributed by atoms with Gasteiger partial charge >= 0.3 is 0 Å². The van der Waals surface area contributed by atoms with E-state index in [9.17, 15) is 14.4 Å². The molecule has 0 N–H and O–H groups in total. The zero-order valence-corrected chi connectivity index (χ0v) is 20.3. The van der Waals surface area contributed by atoms with Gasteiger partial charge < -0.3 is 9.47 Å². The van der Waals surface area contributed by atoms with Gasteiger partial charge in [0.1, 0.15) is 0 Å². The number of imide groups is 1. The van der Waals surface area contributed by atoms with E-state index in [1.807, 2.05) is 13.0 Å². The van der Waals surface area contributed by atoms with E-state index >= 15 is 0 Å². The molecule has 0 bridgehead atoms. The Bertz CT molecular complexity index is 1040. The van der Waals surface area contributed by atoms with Crippen LogP contribution in [0.2, 0.25) is 0 Å². The van der Waals surface area contributed by atoms with Crippen molar-refractivity contribution in [1.82, 2.24) is 4.90 Å². The largest absolute Gasteiger partial charge is 0.490 e. The first-order valence-electron chi connectivity index (χ1n) is 10.4. The van der Waals surface area contributed by atoms with Crippen molar-refractivity contribution < 1.29 is 23.9 Å². The number of nitrogens with zero attached hydrogens (tertiary/aromatic N) is 1. The van der Waals surface area contributed by atoms with Gasteiger partial charge in [-0.05, 0) is 61.0 Å². The highest BCUT2D eigenvalue weighted by molar-refractivity contribution is 9.10. The van der Waals surface area contributed by atoms with Crippen molar-refractivity contribution in [2.75, 3.05) is 19.8 Å². The molecule has 0 unspecified atom stereocenters. The van der Waals surface area contributed by atoms with Crippen molar-refractivity contribution in [2.45, 2.75) is 26.7 Å². The van der Waals surface area contributed by atoms with E-state index in [0.717, 1.165) is 34.0 Å². The minimum Gasteiger partial charge on any atom is -0.490 e. The molecule has 0 saturated carbocycles. The number of hydrogen-bond donors (Lipinski definition) is 0. The number of unbranched alkanes of at least 4 members (excludes halogenated alkanes) is 1. The Labute approximate surface area is 200 Å². The lowest BCUT2D eigenvalue weighted by Crippen LogP contribution is -2.33. The maximum Gasteiger partial charge on any atom is 0.293 e. The second-order valence-corrected chi connectivity index (χ2v) is 8.95. The molecule has 1 aliphatic heterocycles. The molecular formula is C24H24BrNO5S. The lowest BCUT2D eigenvalue weighted by Gasteiger charge is -2.13. The SMILES string of the molecule is CCCCOc1ccc(/C=C2\SC(=O)N(CC(=O)c3ccc(Br)cc3)C2=O)cc1OCC. The number of halogens is 1. The lowest BCUT2D eigenvalue weighted by molar-refractivity contribution is -0.122. The van der Waals surface area contributed by atoms with Gasteiger partial charge in [0, 0.05) is 10.0 Å². The van der Waals surface area contributed by atoms with Gasteiger partial charge in [-0.25, -0.2) is 0 Å². The number of carbonyl (C=O) groups is 3. The fraction of sp³-hybridized carbons (Fsp3) is 0.292. The number of ketones is 1. The van der Waals surface area contributed by atoms with Crippen molar-refractivity contribution in [3.05, 3.63) is 63.0 Å². The molecule has 2 aromatic rings. The fourth-order valence-corrected chi connectivity index (χ4v) is 4.09. The lowest BCUT2D eigenvalue weighted by atomic mass is 10.1. The number of carbonyl (C=O) groups excluding carboxylic acids is 3. The summed E-state index contributed by atoms with van der Waals surface area (Å²) in [5.41, 5.74) is 1.15. The maximum atomic E-state index is 12.8. The van der Waals surface area contributed by atoms with E-state index in [1.165, 1.54) is 0 Å². The van der Waals surface area contributed by atoms with Gasteiger partial charge in [-0.2, -0.15) is 0 Å². The maximum absolute atomic E-state index is 12.8. The Hall–Kier alpha value is -2.58. The van der Waals surface area contributed by atoms with Gasteiger partial charge in [-0.3, -0.25) is 19.3 Å². The van der Waals surface area contributed by atoms with Crippen molar-refractivity contribution in [3.63, 3.8) is 0 Å². The molecule has 0 spiro atoms. The van der Waals surface area contributed by atoms with E-state index in [4.69, 9.17) is 9.47 Å². The zero-order valence-electron chi connectivity index (χ0n) is 17.9. The molecule has 0 atom stereocenters. The van der Waals surface area contributed by atoms with Crippen LogP contribution in [0.4, 0.5) is 4.79 Å². The zero-order chi connectivity index (χ0) is 23.1. The summed E-state index contributed by atoms with van der Waals surface area (Å²) < 4.78 is 12.3. The van der Waals surface area contributed by atoms with Crippen molar-refractivity contribution in [1.29, 1.82) is 0 Å². The summed E-state index contributed by atoms with van der Waals surface area (Å²) in [5.74, 6) is 0.451. The smallest absolute Gasteiger partial charge is 0.293 e. The number of hydrogen-bond acceptors (Lipinski definition) is 6. The van der Waals surface area contributed by atoms with Crippen LogP contribution in [0.15, 0.2) is 51.8 Å². The Balaban J connectivity index is 1.75. The molecule has 1 heterocycles. The number of thioether (sulfide) groups is 1. The van der Waals surface area contributed by atoms with Crippen LogP contribution in [0, 0.1) is 0 Å². The third kappa shape index (κ3) is 6.01. The molecule has 32 heavy (non-hydrogen) atoms. The number of amides is 2. The summed E-state index contributed by atoms with van der Waals surface area (Å²) in [4.78, 5) is 38.9. The molecular weight excluding hydrogens is 494 g/mol. The molecule has 0 aliphatic carbocycles. The highest BCUT2D eigenvalue weighted by Gasteiger charge is 2.36. The van der Waals surface area contributed by atoms with E-state index in [0.29, 0.717) is 35.8 Å². The molecule has 1 aliphatic rings. The molecule has 6 nitrogen and oxygen atoms in total.